The smallest absolute Gasteiger partial charge is 0.409 e. The summed E-state index contributed by atoms with van der Waals surface area (Å²) >= 11 is 0. The third-order valence-corrected chi connectivity index (χ3v) is 5.91. The van der Waals surface area contributed by atoms with Gasteiger partial charge in [-0.15, -0.1) is 0 Å². The highest BCUT2D eigenvalue weighted by molar-refractivity contribution is 5.79. The number of hydrogen-bond acceptors (Lipinski definition) is 7. The fraction of sp³-hybridized carbons (Fsp3) is 0.536. The van der Waals surface area contributed by atoms with E-state index in [-0.39, 0.29) is 12.0 Å². The maximum atomic E-state index is 12.5. The molecule has 0 saturated heterocycles. The highest BCUT2D eigenvalue weighted by Gasteiger charge is 2.29. The van der Waals surface area contributed by atoms with Crippen LogP contribution in [-0.4, -0.2) is 97.3 Å². The van der Waals surface area contributed by atoms with Crippen molar-refractivity contribution >= 4 is 6.09 Å². The summed E-state index contributed by atoms with van der Waals surface area (Å²) in [5, 5.41) is 0. The number of benzene rings is 2. The van der Waals surface area contributed by atoms with Gasteiger partial charge in [-0.25, -0.2) is 4.79 Å². The van der Waals surface area contributed by atoms with E-state index in [1.807, 2.05) is 31.2 Å². The van der Waals surface area contributed by atoms with E-state index in [4.69, 9.17) is 28.4 Å². The predicted octanol–water partition coefficient (Wildman–Crippen LogP) is 3.97. The number of nitrogens with zero attached hydrogens (tertiary/aromatic N) is 1. The largest absolute Gasteiger partial charge is 0.448 e. The van der Waals surface area contributed by atoms with Crippen LogP contribution >= 0.6 is 0 Å². The second kappa shape index (κ2) is 16.3. The lowest BCUT2D eigenvalue weighted by Crippen LogP contribution is -2.32. The monoisotopic (exact) mass is 501 g/mol. The van der Waals surface area contributed by atoms with E-state index in [1.54, 1.807) is 7.05 Å². The van der Waals surface area contributed by atoms with E-state index in [1.165, 1.54) is 27.2 Å². The number of carbonyl (C=O) groups is 1. The summed E-state index contributed by atoms with van der Waals surface area (Å²) in [6, 6.07) is 16.6. The maximum absolute atomic E-state index is 12.5. The lowest BCUT2D eigenvalue weighted by atomic mass is 9.98. The molecule has 8 heteroatoms. The van der Waals surface area contributed by atoms with Crippen molar-refractivity contribution in [3.63, 3.8) is 0 Å². The Bertz CT molecular complexity index is 861. The van der Waals surface area contributed by atoms with Crippen LogP contribution < -0.4 is 0 Å². The molecule has 0 heterocycles. The minimum Gasteiger partial charge on any atom is -0.448 e. The summed E-state index contributed by atoms with van der Waals surface area (Å²) in [6.45, 7) is 8.07. The summed E-state index contributed by atoms with van der Waals surface area (Å²) in [5.74, 6) is 0.0556. The number of ether oxygens (including phenoxy) is 6. The van der Waals surface area contributed by atoms with Gasteiger partial charge in [-0.2, -0.15) is 0 Å². The van der Waals surface area contributed by atoms with Crippen molar-refractivity contribution in [2.24, 2.45) is 0 Å². The summed E-state index contributed by atoms with van der Waals surface area (Å²) in [6.07, 6.45) is -0.351. The molecule has 0 unspecified atom stereocenters. The van der Waals surface area contributed by atoms with Gasteiger partial charge in [0.25, 0.3) is 0 Å². The average Bonchev–Trinajstić information content (AvgIpc) is 3.23. The van der Waals surface area contributed by atoms with Crippen molar-refractivity contribution in [2.45, 2.75) is 12.8 Å². The van der Waals surface area contributed by atoms with Gasteiger partial charge in [0.05, 0.1) is 59.5 Å². The average molecular weight is 502 g/mol. The SMILES string of the molecule is CCOCCOCCOCCOCCOCCN(C)C(=O)OCC1c2ccccc2-c2ccccc21. The molecular formula is C28H39NO7. The van der Waals surface area contributed by atoms with Gasteiger partial charge < -0.3 is 33.3 Å². The number of hydrogen-bond donors (Lipinski definition) is 0. The molecule has 36 heavy (non-hydrogen) atoms. The van der Waals surface area contributed by atoms with E-state index >= 15 is 0 Å². The molecule has 0 atom stereocenters. The zero-order valence-corrected chi connectivity index (χ0v) is 21.5. The lowest BCUT2D eigenvalue weighted by Gasteiger charge is -2.19. The normalized spacial score (nSPS) is 12.4. The molecule has 2 aromatic carbocycles. The first-order valence-corrected chi connectivity index (χ1v) is 12.7. The van der Waals surface area contributed by atoms with Gasteiger partial charge in [0.2, 0.25) is 0 Å². The highest BCUT2D eigenvalue weighted by Crippen LogP contribution is 2.44. The molecule has 0 bridgehead atoms. The molecule has 0 radical (unpaired) electrons. The third kappa shape index (κ3) is 8.87. The fourth-order valence-electron chi connectivity index (χ4n) is 4.02. The van der Waals surface area contributed by atoms with Crippen molar-refractivity contribution in [2.75, 3.05) is 86.3 Å². The Kier molecular flexibility index (Phi) is 12.7. The predicted molar refractivity (Wildman–Crippen MR) is 137 cm³/mol. The Hall–Kier alpha value is -2.49. The Morgan fingerprint density at radius 1 is 0.694 bits per heavy atom. The number of likely N-dealkylation sites (N-methyl/N-ethyl adjacent to an activating group) is 1. The van der Waals surface area contributed by atoms with E-state index in [0.717, 1.165) is 0 Å². The van der Waals surface area contributed by atoms with Gasteiger partial charge in [0.15, 0.2) is 0 Å². The van der Waals surface area contributed by atoms with Crippen molar-refractivity contribution in [3.05, 3.63) is 59.7 Å². The Morgan fingerprint density at radius 2 is 1.14 bits per heavy atom. The van der Waals surface area contributed by atoms with Crippen LogP contribution in [0.1, 0.15) is 24.0 Å². The quantitative estimate of drug-likeness (QED) is 0.286. The van der Waals surface area contributed by atoms with Crippen LogP contribution in [0.5, 0.6) is 0 Å². The molecule has 0 fully saturated rings. The van der Waals surface area contributed by atoms with Crippen LogP contribution in [0.25, 0.3) is 11.1 Å². The van der Waals surface area contributed by atoms with Crippen LogP contribution in [0.15, 0.2) is 48.5 Å². The number of amides is 1. The molecule has 1 aliphatic carbocycles. The molecule has 0 N–H and O–H groups in total. The highest BCUT2D eigenvalue weighted by atomic mass is 16.6. The fourth-order valence-corrected chi connectivity index (χ4v) is 4.02. The molecule has 0 aliphatic heterocycles. The van der Waals surface area contributed by atoms with E-state index in [2.05, 4.69) is 24.3 Å². The summed E-state index contributed by atoms with van der Waals surface area (Å²) < 4.78 is 32.7. The zero-order valence-electron chi connectivity index (χ0n) is 21.5. The zero-order chi connectivity index (χ0) is 25.4. The summed E-state index contributed by atoms with van der Waals surface area (Å²) in [4.78, 5) is 14.0. The Balaban J connectivity index is 1.20. The molecule has 2 aromatic rings. The van der Waals surface area contributed by atoms with Gasteiger partial charge in [-0.1, -0.05) is 48.5 Å². The molecule has 8 nitrogen and oxygen atoms in total. The standard InChI is InChI=1S/C28H39NO7/c1-3-31-14-15-33-18-19-35-21-20-34-17-16-32-13-12-29(2)28(30)36-22-27-25-10-6-4-8-23(25)24-9-5-7-11-26(24)27/h4-11,27H,3,12-22H2,1-2H3. The molecule has 1 amide bonds. The second-order valence-electron chi connectivity index (χ2n) is 8.37. The number of carbonyl (C=O) groups excluding carboxylic acids is 1. The summed E-state index contributed by atoms with van der Waals surface area (Å²) in [5.41, 5.74) is 4.83. The minimum absolute atomic E-state index is 0.0556. The van der Waals surface area contributed by atoms with Crippen LogP contribution in [0.2, 0.25) is 0 Å². The third-order valence-electron chi connectivity index (χ3n) is 5.91. The molecule has 0 spiro atoms. The lowest BCUT2D eigenvalue weighted by molar-refractivity contribution is -0.0112. The topological polar surface area (TPSA) is 75.7 Å². The van der Waals surface area contributed by atoms with Gasteiger partial charge in [0.1, 0.15) is 6.61 Å². The molecule has 0 saturated carbocycles. The van der Waals surface area contributed by atoms with Crippen LogP contribution in [0.4, 0.5) is 4.79 Å². The first kappa shape index (κ1) is 28.1. The first-order valence-electron chi connectivity index (χ1n) is 12.7. The van der Waals surface area contributed by atoms with E-state index in [0.29, 0.717) is 79.2 Å². The van der Waals surface area contributed by atoms with E-state index < -0.39 is 0 Å². The summed E-state index contributed by atoms with van der Waals surface area (Å²) in [7, 11) is 1.72. The van der Waals surface area contributed by atoms with Gasteiger partial charge in [-0.3, -0.25) is 0 Å². The second-order valence-corrected chi connectivity index (χ2v) is 8.37. The maximum Gasteiger partial charge on any atom is 0.409 e. The molecule has 0 aromatic heterocycles. The van der Waals surface area contributed by atoms with Crippen molar-refractivity contribution in [3.8, 4) is 11.1 Å². The van der Waals surface area contributed by atoms with Crippen LogP contribution in [0, 0.1) is 0 Å². The van der Waals surface area contributed by atoms with Gasteiger partial charge in [0, 0.05) is 26.1 Å². The van der Waals surface area contributed by atoms with Crippen LogP contribution in [0.3, 0.4) is 0 Å². The molecule has 198 valence electrons. The van der Waals surface area contributed by atoms with Crippen molar-refractivity contribution in [1.82, 2.24) is 4.90 Å². The van der Waals surface area contributed by atoms with Crippen LogP contribution in [-0.2, 0) is 28.4 Å². The Labute approximate surface area is 214 Å². The van der Waals surface area contributed by atoms with Gasteiger partial charge in [-0.05, 0) is 29.2 Å². The molecular weight excluding hydrogens is 462 g/mol. The first-order chi connectivity index (χ1) is 17.7. The minimum atomic E-state index is -0.351. The van der Waals surface area contributed by atoms with Gasteiger partial charge >= 0.3 is 6.09 Å². The van der Waals surface area contributed by atoms with Crippen molar-refractivity contribution in [1.29, 1.82) is 0 Å². The van der Waals surface area contributed by atoms with E-state index in [9.17, 15) is 4.79 Å². The Morgan fingerprint density at radius 3 is 1.64 bits per heavy atom. The number of rotatable bonds is 18. The van der Waals surface area contributed by atoms with Crippen molar-refractivity contribution < 1.29 is 33.2 Å². The molecule has 1 aliphatic rings. The number of fused-ring (bicyclic) bond motifs is 3. The molecule has 3 rings (SSSR count).